The van der Waals surface area contributed by atoms with Crippen LogP contribution in [0.3, 0.4) is 0 Å². The molecule has 2 heterocycles. The minimum absolute atomic E-state index is 0.116. The van der Waals surface area contributed by atoms with Crippen molar-refractivity contribution in [3.63, 3.8) is 0 Å². The number of aromatic nitrogens is 1. The second kappa shape index (κ2) is 7.94. The van der Waals surface area contributed by atoms with Crippen LogP contribution < -0.4 is 0 Å². The van der Waals surface area contributed by atoms with Crippen molar-refractivity contribution < 1.29 is 5.11 Å². The van der Waals surface area contributed by atoms with E-state index in [1.54, 1.807) is 11.3 Å². The predicted octanol–water partition coefficient (Wildman–Crippen LogP) is 2.82. The van der Waals surface area contributed by atoms with E-state index in [9.17, 15) is 0 Å². The molecule has 2 rings (SSSR count). The number of rotatable bonds is 5. The Hall–Kier alpha value is -1.67. The van der Waals surface area contributed by atoms with E-state index in [1.807, 2.05) is 25.1 Å². The molecule has 0 spiro atoms. The third kappa shape index (κ3) is 4.98. The molecule has 2 aromatic rings. The van der Waals surface area contributed by atoms with Gasteiger partial charge in [0.1, 0.15) is 0 Å². The Morgan fingerprint density at radius 3 is 2.90 bits per heavy atom. The lowest BCUT2D eigenvalue weighted by atomic mass is 10.2. The van der Waals surface area contributed by atoms with Crippen LogP contribution in [0.5, 0.6) is 0 Å². The molecule has 2 aromatic heterocycles. The van der Waals surface area contributed by atoms with Crippen LogP contribution in [0, 0.1) is 18.8 Å². The highest BCUT2D eigenvalue weighted by Crippen LogP contribution is 2.18. The number of pyridine rings is 1. The van der Waals surface area contributed by atoms with Gasteiger partial charge in [0.15, 0.2) is 0 Å². The fourth-order valence-electron chi connectivity index (χ4n) is 2.05. The molecular formula is C17H20N2OS. The molecule has 3 nitrogen and oxygen atoms in total. The third-order valence-electron chi connectivity index (χ3n) is 3.00. The maximum absolute atomic E-state index is 8.78. The highest BCUT2D eigenvalue weighted by atomic mass is 32.1. The van der Waals surface area contributed by atoms with Crippen molar-refractivity contribution in [1.29, 1.82) is 0 Å². The topological polar surface area (TPSA) is 36.4 Å². The summed E-state index contributed by atoms with van der Waals surface area (Å²) in [5, 5.41) is 10.8. The van der Waals surface area contributed by atoms with E-state index in [4.69, 9.17) is 5.11 Å². The SMILES string of the molecule is Cc1cccc(CN(C)Cc2sccc2C#CCCO)n1. The van der Waals surface area contributed by atoms with Gasteiger partial charge in [0, 0.05) is 35.6 Å². The van der Waals surface area contributed by atoms with Gasteiger partial charge in [0.2, 0.25) is 0 Å². The van der Waals surface area contributed by atoms with Crippen molar-refractivity contribution in [2.75, 3.05) is 13.7 Å². The fraction of sp³-hybridized carbons (Fsp3) is 0.353. The molecule has 0 aliphatic carbocycles. The van der Waals surface area contributed by atoms with Crippen LogP contribution >= 0.6 is 11.3 Å². The molecule has 0 aliphatic heterocycles. The molecule has 0 aliphatic rings. The molecule has 0 radical (unpaired) electrons. The lowest BCUT2D eigenvalue weighted by Crippen LogP contribution is -2.18. The average Bonchev–Trinajstić information content (AvgIpc) is 2.86. The van der Waals surface area contributed by atoms with Crippen LogP contribution in [0.25, 0.3) is 0 Å². The first-order valence-corrected chi connectivity index (χ1v) is 7.84. The molecule has 0 saturated heterocycles. The summed E-state index contributed by atoms with van der Waals surface area (Å²) >= 11 is 1.72. The monoisotopic (exact) mass is 300 g/mol. The summed E-state index contributed by atoms with van der Waals surface area (Å²) in [5.74, 6) is 6.11. The first kappa shape index (κ1) is 15.7. The summed E-state index contributed by atoms with van der Waals surface area (Å²) in [5.41, 5.74) is 3.20. The molecular weight excluding hydrogens is 280 g/mol. The standard InChI is InChI=1S/C17H20N2OS/c1-14-6-5-8-16(18-14)12-19(2)13-17-15(9-11-21-17)7-3-4-10-20/h5-6,8-9,11,20H,4,10,12-13H2,1-2H3. The normalized spacial score (nSPS) is 10.5. The molecule has 0 aromatic carbocycles. The average molecular weight is 300 g/mol. The van der Waals surface area contributed by atoms with E-state index in [0.29, 0.717) is 6.42 Å². The molecule has 1 N–H and O–H groups in total. The third-order valence-corrected chi connectivity index (χ3v) is 3.90. The maximum Gasteiger partial charge on any atom is 0.0547 e. The molecule has 21 heavy (non-hydrogen) atoms. The van der Waals surface area contributed by atoms with Gasteiger partial charge in [-0.05, 0) is 37.6 Å². The minimum Gasteiger partial charge on any atom is -0.395 e. The summed E-state index contributed by atoms with van der Waals surface area (Å²) in [6, 6.07) is 8.16. The second-order valence-electron chi connectivity index (χ2n) is 4.98. The number of aryl methyl sites for hydroxylation is 1. The molecule has 0 atom stereocenters. The quantitative estimate of drug-likeness (QED) is 0.863. The van der Waals surface area contributed by atoms with Crippen LogP contribution in [0.2, 0.25) is 0 Å². The van der Waals surface area contributed by atoms with Crippen molar-refractivity contribution in [3.05, 3.63) is 51.5 Å². The highest BCUT2D eigenvalue weighted by molar-refractivity contribution is 7.10. The van der Waals surface area contributed by atoms with Gasteiger partial charge < -0.3 is 5.11 Å². The minimum atomic E-state index is 0.116. The lowest BCUT2D eigenvalue weighted by Gasteiger charge is -2.15. The number of aliphatic hydroxyl groups excluding tert-OH is 1. The molecule has 0 amide bonds. The first-order chi connectivity index (χ1) is 10.2. The van der Waals surface area contributed by atoms with Gasteiger partial charge in [-0.3, -0.25) is 9.88 Å². The summed E-state index contributed by atoms with van der Waals surface area (Å²) in [4.78, 5) is 8.03. The summed E-state index contributed by atoms with van der Waals surface area (Å²) < 4.78 is 0. The Balaban J connectivity index is 1.99. The van der Waals surface area contributed by atoms with Crippen molar-refractivity contribution >= 4 is 11.3 Å². The molecule has 0 unspecified atom stereocenters. The Labute approximate surface area is 130 Å². The van der Waals surface area contributed by atoms with Crippen molar-refractivity contribution in [1.82, 2.24) is 9.88 Å². The van der Waals surface area contributed by atoms with Crippen molar-refractivity contribution in [2.45, 2.75) is 26.4 Å². The molecule has 0 saturated carbocycles. The van der Waals surface area contributed by atoms with E-state index in [0.717, 1.165) is 30.0 Å². The van der Waals surface area contributed by atoms with E-state index < -0.39 is 0 Å². The Kier molecular flexibility index (Phi) is 5.94. The van der Waals surface area contributed by atoms with Gasteiger partial charge in [-0.25, -0.2) is 0 Å². The number of aliphatic hydroxyl groups is 1. The van der Waals surface area contributed by atoms with E-state index >= 15 is 0 Å². The van der Waals surface area contributed by atoms with E-state index in [2.05, 4.69) is 40.2 Å². The van der Waals surface area contributed by atoms with Gasteiger partial charge in [0.05, 0.1) is 12.3 Å². The first-order valence-electron chi connectivity index (χ1n) is 6.96. The van der Waals surface area contributed by atoms with Gasteiger partial charge in [-0.15, -0.1) is 11.3 Å². The van der Waals surface area contributed by atoms with Gasteiger partial charge in [0.25, 0.3) is 0 Å². The number of hydrogen-bond acceptors (Lipinski definition) is 4. The molecule has 0 bridgehead atoms. The van der Waals surface area contributed by atoms with Crippen LogP contribution in [-0.4, -0.2) is 28.6 Å². The van der Waals surface area contributed by atoms with Crippen molar-refractivity contribution in [3.8, 4) is 11.8 Å². The highest BCUT2D eigenvalue weighted by Gasteiger charge is 2.07. The van der Waals surface area contributed by atoms with Crippen LogP contribution in [0.4, 0.5) is 0 Å². The Morgan fingerprint density at radius 2 is 2.14 bits per heavy atom. The van der Waals surface area contributed by atoms with Crippen LogP contribution in [0.15, 0.2) is 29.6 Å². The largest absolute Gasteiger partial charge is 0.395 e. The molecule has 4 heteroatoms. The molecule has 0 fully saturated rings. The summed E-state index contributed by atoms with van der Waals surface area (Å²) in [6.07, 6.45) is 0.526. The van der Waals surface area contributed by atoms with Crippen LogP contribution in [-0.2, 0) is 13.1 Å². The maximum atomic E-state index is 8.78. The zero-order valence-corrected chi connectivity index (χ0v) is 13.3. The predicted molar refractivity (Wildman–Crippen MR) is 87.0 cm³/mol. The zero-order valence-electron chi connectivity index (χ0n) is 12.5. The lowest BCUT2D eigenvalue weighted by molar-refractivity contribution is 0.305. The molecule has 110 valence electrons. The van der Waals surface area contributed by atoms with Crippen molar-refractivity contribution in [2.24, 2.45) is 0 Å². The number of nitrogens with zero attached hydrogens (tertiary/aromatic N) is 2. The number of hydrogen-bond donors (Lipinski definition) is 1. The number of thiophene rings is 1. The Bertz CT molecular complexity index is 639. The fourth-order valence-corrected chi connectivity index (χ4v) is 2.96. The van der Waals surface area contributed by atoms with E-state index in [1.165, 1.54) is 4.88 Å². The zero-order chi connectivity index (χ0) is 15.1. The summed E-state index contributed by atoms with van der Waals surface area (Å²) in [6.45, 7) is 3.81. The van der Waals surface area contributed by atoms with E-state index in [-0.39, 0.29) is 6.61 Å². The van der Waals surface area contributed by atoms with Gasteiger partial charge in [-0.2, -0.15) is 0 Å². The van der Waals surface area contributed by atoms with Crippen LogP contribution in [0.1, 0.15) is 28.2 Å². The van der Waals surface area contributed by atoms with Gasteiger partial charge >= 0.3 is 0 Å². The Morgan fingerprint density at radius 1 is 1.29 bits per heavy atom. The van der Waals surface area contributed by atoms with Gasteiger partial charge in [-0.1, -0.05) is 17.9 Å². The smallest absolute Gasteiger partial charge is 0.0547 e. The second-order valence-corrected chi connectivity index (χ2v) is 5.98. The summed E-state index contributed by atoms with van der Waals surface area (Å²) in [7, 11) is 2.09.